The molecule has 0 unspecified atom stereocenters. The van der Waals surface area contributed by atoms with E-state index >= 15 is 0 Å². The van der Waals surface area contributed by atoms with Crippen molar-refractivity contribution in [3.63, 3.8) is 0 Å². The zero-order valence-corrected chi connectivity index (χ0v) is 15.4. The molecule has 3 heterocycles. The van der Waals surface area contributed by atoms with Crippen molar-refractivity contribution in [2.45, 2.75) is 44.7 Å². The molecule has 0 radical (unpaired) electrons. The number of hydrogen-bond donors (Lipinski definition) is 2. The highest BCUT2D eigenvalue weighted by molar-refractivity contribution is 6.07. The van der Waals surface area contributed by atoms with E-state index in [1.165, 1.54) is 0 Å². The van der Waals surface area contributed by atoms with E-state index in [1.807, 2.05) is 18.2 Å². The predicted molar refractivity (Wildman–Crippen MR) is 102 cm³/mol. The predicted octanol–water partition coefficient (Wildman–Crippen LogP) is 2.67. The number of benzene rings is 1. The van der Waals surface area contributed by atoms with Gasteiger partial charge < -0.3 is 14.7 Å². The molecule has 8 heteroatoms. The fraction of sp³-hybridized carbons (Fsp3) is 0.400. The van der Waals surface area contributed by atoms with Crippen LogP contribution in [0.2, 0.25) is 0 Å². The summed E-state index contributed by atoms with van der Waals surface area (Å²) in [7, 11) is 0. The molecule has 2 fully saturated rings. The molecule has 2 aliphatic rings. The molecule has 3 aromatic rings. The van der Waals surface area contributed by atoms with Crippen molar-refractivity contribution in [3.05, 3.63) is 40.4 Å². The molecule has 8 nitrogen and oxygen atoms in total. The molecule has 5 rings (SSSR count). The second kappa shape index (κ2) is 5.92. The van der Waals surface area contributed by atoms with E-state index in [2.05, 4.69) is 22.2 Å². The van der Waals surface area contributed by atoms with E-state index in [-0.39, 0.29) is 23.9 Å². The number of urea groups is 1. The number of furan rings is 1. The minimum Gasteiger partial charge on any atom is -0.449 e. The molecule has 0 atom stereocenters. The first kappa shape index (κ1) is 17.0. The zero-order valence-electron chi connectivity index (χ0n) is 15.4. The first-order chi connectivity index (χ1) is 13.5. The monoisotopic (exact) mass is 380 g/mol. The van der Waals surface area contributed by atoms with Gasteiger partial charge in [-0.15, -0.1) is 0 Å². The molecule has 3 amide bonds. The number of rotatable bonds is 2. The van der Waals surface area contributed by atoms with Crippen LogP contribution in [0.25, 0.3) is 22.1 Å². The topological polar surface area (TPSA) is 108 Å². The number of nitrogens with one attached hydrogen (secondary N) is 2. The van der Waals surface area contributed by atoms with E-state index in [4.69, 9.17) is 4.42 Å². The maximum absolute atomic E-state index is 13.0. The van der Waals surface area contributed by atoms with Crippen molar-refractivity contribution < 1.29 is 14.0 Å². The molecule has 0 bridgehead atoms. The number of carbonyl (C=O) groups is 2. The first-order valence-electron chi connectivity index (χ1n) is 9.51. The van der Waals surface area contributed by atoms with Gasteiger partial charge in [0.05, 0.1) is 6.54 Å². The number of aromatic amines is 1. The Labute approximate surface area is 159 Å². The van der Waals surface area contributed by atoms with Gasteiger partial charge in [-0.1, -0.05) is 19.1 Å². The van der Waals surface area contributed by atoms with Crippen molar-refractivity contribution in [3.8, 4) is 0 Å². The number of para-hydroxylation sites is 1. The summed E-state index contributed by atoms with van der Waals surface area (Å²) < 4.78 is 5.58. The Kier molecular flexibility index (Phi) is 3.59. The molecule has 144 valence electrons. The number of imide groups is 1. The lowest BCUT2D eigenvalue weighted by atomic mass is 9.77. The van der Waals surface area contributed by atoms with Crippen LogP contribution in [0.5, 0.6) is 0 Å². The summed E-state index contributed by atoms with van der Waals surface area (Å²) >= 11 is 0. The molecule has 1 saturated carbocycles. The Hall–Kier alpha value is -3.16. The standard InChI is InChI=1S/C20H20N4O4/c1-11-6-8-20(9-7-11)18(26)24(19(27)23-20)10-14-21-15-12-4-2-3-5-13(12)28-16(15)17(25)22-14/h2-5,11H,6-10H2,1H3,(H,23,27)(H,21,22,25). The van der Waals surface area contributed by atoms with Crippen molar-refractivity contribution in [2.24, 2.45) is 5.92 Å². The lowest BCUT2D eigenvalue weighted by Crippen LogP contribution is -2.49. The molecule has 1 aliphatic carbocycles. The normalized spacial score (nSPS) is 25.2. The van der Waals surface area contributed by atoms with Gasteiger partial charge in [-0.3, -0.25) is 14.5 Å². The fourth-order valence-electron chi connectivity index (χ4n) is 4.29. The molecule has 1 saturated heterocycles. The molecule has 1 aromatic carbocycles. The van der Waals surface area contributed by atoms with Gasteiger partial charge in [-0.25, -0.2) is 9.78 Å². The van der Waals surface area contributed by atoms with E-state index in [0.717, 1.165) is 23.1 Å². The number of fused-ring (bicyclic) bond motifs is 3. The Morgan fingerprint density at radius 3 is 2.75 bits per heavy atom. The molecular formula is C20H20N4O4. The lowest BCUT2D eigenvalue weighted by molar-refractivity contribution is -0.133. The highest BCUT2D eigenvalue weighted by atomic mass is 16.3. The van der Waals surface area contributed by atoms with Gasteiger partial charge in [0.15, 0.2) is 0 Å². The number of amides is 3. The SMILES string of the molecule is CC1CCC2(CC1)NC(=O)N(Cc1nc3c(oc4ccccc43)c(=O)[nH]1)C2=O. The Balaban J connectivity index is 1.50. The minimum atomic E-state index is -0.809. The van der Waals surface area contributed by atoms with Crippen molar-refractivity contribution >= 4 is 34.0 Å². The average molecular weight is 380 g/mol. The quantitative estimate of drug-likeness (QED) is 0.665. The summed E-state index contributed by atoms with van der Waals surface area (Å²) in [5.74, 6) is 0.581. The van der Waals surface area contributed by atoms with Gasteiger partial charge in [0.25, 0.3) is 11.5 Å². The third kappa shape index (κ3) is 2.44. The van der Waals surface area contributed by atoms with Crippen LogP contribution in [0.1, 0.15) is 38.4 Å². The van der Waals surface area contributed by atoms with Crippen LogP contribution in [0.4, 0.5) is 4.79 Å². The van der Waals surface area contributed by atoms with Crippen molar-refractivity contribution in [2.75, 3.05) is 0 Å². The molecule has 28 heavy (non-hydrogen) atoms. The number of hydrogen-bond acceptors (Lipinski definition) is 5. The smallest absolute Gasteiger partial charge is 0.325 e. The Morgan fingerprint density at radius 1 is 1.21 bits per heavy atom. The van der Waals surface area contributed by atoms with Crippen molar-refractivity contribution in [1.82, 2.24) is 20.2 Å². The number of carbonyl (C=O) groups excluding carboxylic acids is 2. The summed E-state index contributed by atoms with van der Waals surface area (Å²) in [5.41, 5.74) is -0.0964. The fourth-order valence-corrected chi connectivity index (χ4v) is 4.29. The lowest BCUT2D eigenvalue weighted by Gasteiger charge is -2.33. The van der Waals surface area contributed by atoms with E-state index < -0.39 is 17.1 Å². The van der Waals surface area contributed by atoms with Crippen LogP contribution in [-0.2, 0) is 11.3 Å². The van der Waals surface area contributed by atoms with Gasteiger partial charge in [0.1, 0.15) is 22.5 Å². The molecule has 2 N–H and O–H groups in total. The average Bonchev–Trinajstić information content (AvgIpc) is 3.16. The van der Waals surface area contributed by atoms with Crippen LogP contribution >= 0.6 is 0 Å². The summed E-state index contributed by atoms with van der Waals surface area (Å²) in [6.07, 6.45) is 3.10. The number of H-pyrrole nitrogens is 1. The zero-order chi connectivity index (χ0) is 19.5. The van der Waals surface area contributed by atoms with Gasteiger partial charge in [-0.05, 0) is 43.7 Å². The van der Waals surface area contributed by atoms with Crippen LogP contribution < -0.4 is 10.9 Å². The first-order valence-corrected chi connectivity index (χ1v) is 9.51. The van der Waals surface area contributed by atoms with Crippen molar-refractivity contribution in [1.29, 1.82) is 0 Å². The Morgan fingerprint density at radius 2 is 1.96 bits per heavy atom. The maximum Gasteiger partial charge on any atom is 0.325 e. The summed E-state index contributed by atoms with van der Waals surface area (Å²) in [5, 5.41) is 3.61. The minimum absolute atomic E-state index is 0.0767. The summed E-state index contributed by atoms with van der Waals surface area (Å²) in [6.45, 7) is 2.08. The van der Waals surface area contributed by atoms with E-state index in [1.54, 1.807) is 6.07 Å². The molecule has 1 spiro atoms. The van der Waals surface area contributed by atoms with E-state index in [9.17, 15) is 14.4 Å². The number of nitrogens with zero attached hydrogens (tertiary/aromatic N) is 2. The summed E-state index contributed by atoms with van der Waals surface area (Å²) in [4.78, 5) is 46.3. The van der Waals surface area contributed by atoms with Crippen LogP contribution in [0.15, 0.2) is 33.5 Å². The van der Waals surface area contributed by atoms with Gasteiger partial charge in [0.2, 0.25) is 5.58 Å². The largest absolute Gasteiger partial charge is 0.449 e. The maximum atomic E-state index is 13.0. The summed E-state index contributed by atoms with van der Waals surface area (Å²) in [6, 6.07) is 6.81. The Bertz CT molecular complexity index is 1170. The second-order valence-corrected chi connectivity index (χ2v) is 7.87. The highest BCUT2D eigenvalue weighted by Gasteiger charge is 2.52. The molecule has 1 aliphatic heterocycles. The highest BCUT2D eigenvalue weighted by Crippen LogP contribution is 2.36. The van der Waals surface area contributed by atoms with Gasteiger partial charge >= 0.3 is 6.03 Å². The van der Waals surface area contributed by atoms with Crippen LogP contribution in [0.3, 0.4) is 0 Å². The number of aromatic nitrogens is 2. The van der Waals surface area contributed by atoms with Gasteiger partial charge in [0, 0.05) is 5.39 Å². The second-order valence-electron chi connectivity index (χ2n) is 7.87. The molecule has 2 aromatic heterocycles. The van der Waals surface area contributed by atoms with Crippen LogP contribution in [-0.4, -0.2) is 32.3 Å². The van der Waals surface area contributed by atoms with E-state index in [0.29, 0.717) is 29.9 Å². The van der Waals surface area contributed by atoms with Gasteiger partial charge in [-0.2, -0.15) is 0 Å². The van der Waals surface area contributed by atoms with Crippen LogP contribution in [0, 0.1) is 5.92 Å². The third-order valence-corrected chi connectivity index (χ3v) is 5.96. The third-order valence-electron chi connectivity index (χ3n) is 5.96. The molecular weight excluding hydrogens is 360 g/mol.